The first-order chi connectivity index (χ1) is 10.3. The van der Waals surface area contributed by atoms with Crippen LogP contribution in [0, 0.1) is 5.21 Å². The summed E-state index contributed by atoms with van der Waals surface area (Å²) in [6.45, 7) is 2.15. The molecule has 0 aliphatic carbocycles. The predicted molar refractivity (Wildman–Crippen MR) is 81.6 cm³/mol. The maximum Gasteiger partial charge on any atom is 0.228 e. The summed E-state index contributed by atoms with van der Waals surface area (Å²) in [5.41, 5.74) is 2.14. The normalized spacial score (nSPS) is 11.1. The van der Waals surface area contributed by atoms with E-state index in [1.54, 1.807) is 0 Å². The largest absolute Gasteiger partial charge is 0.359 e. The summed E-state index contributed by atoms with van der Waals surface area (Å²) in [7, 11) is 0. The molecule has 2 aromatic carbocycles. The molecule has 21 heavy (non-hydrogen) atoms. The molecule has 3 rings (SSSR count). The lowest BCUT2D eigenvalue weighted by molar-refractivity contribution is -0.793. The number of benzene rings is 2. The third-order valence-corrected chi connectivity index (χ3v) is 3.72. The summed E-state index contributed by atoms with van der Waals surface area (Å²) >= 11 is 0. The van der Waals surface area contributed by atoms with Gasteiger partial charge in [0.25, 0.3) is 0 Å². The maximum absolute atomic E-state index is 11.9. The number of hydrogen-bond acceptors (Lipinski definition) is 3. The average molecular weight is 282 g/mol. The van der Waals surface area contributed by atoms with Crippen LogP contribution in [0.1, 0.15) is 31.9 Å². The van der Waals surface area contributed by atoms with Crippen LogP contribution in [0.25, 0.3) is 22.0 Å². The van der Waals surface area contributed by atoms with E-state index in [4.69, 9.17) is 4.63 Å². The first-order valence-electron chi connectivity index (χ1n) is 7.37. The third kappa shape index (κ3) is 2.75. The van der Waals surface area contributed by atoms with E-state index < -0.39 is 0 Å². The maximum atomic E-state index is 11.9. The van der Waals surface area contributed by atoms with Gasteiger partial charge in [0.1, 0.15) is 0 Å². The second-order valence-electron chi connectivity index (χ2n) is 5.24. The predicted octanol–water partition coefficient (Wildman–Crippen LogP) is 3.86. The molecule has 0 fully saturated rings. The Kier molecular flexibility index (Phi) is 3.86. The number of rotatable bonds is 5. The lowest BCUT2D eigenvalue weighted by Gasteiger charge is -2.02. The third-order valence-electron chi connectivity index (χ3n) is 3.72. The molecule has 0 atom stereocenters. The summed E-state index contributed by atoms with van der Waals surface area (Å²) in [5.74, 6) is 0. The van der Waals surface area contributed by atoms with Crippen molar-refractivity contribution in [2.24, 2.45) is 0 Å². The van der Waals surface area contributed by atoms with Crippen LogP contribution in [0.5, 0.6) is 0 Å². The molecule has 0 saturated carbocycles. The fourth-order valence-corrected chi connectivity index (χ4v) is 2.59. The molecule has 0 amide bonds. The minimum absolute atomic E-state index is 0.519. The Hall–Kier alpha value is -2.36. The number of nitrogens with zero attached hydrogens (tertiary/aromatic N) is 2. The van der Waals surface area contributed by atoms with Crippen molar-refractivity contribution >= 4 is 10.8 Å². The number of aromatic nitrogens is 2. The van der Waals surface area contributed by atoms with Crippen molar-refractivity contribution in [3.05, 3.63) is 53.4 Å². The molecule has 0 unspecified atom stereocenters. The second kappa shape index (κ2) is 5.95. The van der Waals surface area contributed by atoms with E-state index in [0.717, 1.165) is 47.7 Å². The summed E-state index contributed by atoms with van der Waals surface area (Å²) in [6, 6.07) is 14.1. The Balaban J connectivity index is 1.99. The van der Waals surface area contributed by atoms with Crippen molar-refractivity contribution in [3.63, 3.8) is 0 Å². The highest BCUT2D eigenvalue weighted by Gasteiger charge is 2.20. The molecule has 4 nitrogen and oxygen atoms in total. The van der Waals surface area contributed by atoms with Crippen LogP contribution in [0.4, 0.5) is 0 Å². The topological polar surface area (TPSA) is 53.0 Å². The van der Waals surface area contributed by atoms with Gasteiger partial charge in [0.2, 0.25) is 11.4 Å². The van der Waals surface area contributed by atoms with E-state index in [0.29, 0.717) is 10.6 Å². The van der Waals surface area contributed by atoms with Crippen LogP contribution in [0.15, 0.2) is 47.1 Å². The summed E-state index contributed by atoms with van der Waals surface area (Å²) < 4.78 is 4.80. The quantitative estimate of drug-likeness (QED) is 0.527. The van der Waals surface area contributed by atoms with Gasteiger partial charge in [0.15, 0.2) is 0 Å². The van der Waals surface area contributed by atoms with E-state index >= 15 is 0 Å². The molecule has 0 N–H and O–H groups in total. The van der Waals surface area contributed by atoms with E-state index in [9.17, 15) is 5.21 Å². The Morgan fingerprint density at radius 3 is 2.71 bits per heavy atom. The van der Waals surface area contributed by atoms with Crippen molar-refractivity contribution in [1.29, 1.82) is 0 Å². The van der Waals surface area contributed by atoms with E-state index in [1.807, 2.05) is 36.4 Å². The Morgan fingerprint density at radius 2 is 1.90 bits per heavy atom. The highest BCUT2D eigenvalue weighted by molar-refractivity contribution is 5.86. The molecule has 0 aliphatic heterocycles. The molecule has 1 heterocycles. The molecule has 4 heteroatoms. The Morgan fingerprint density at radius 1 is 1.10 bits per heavy atom. The van der Waals surface area contributed by atoms with Crippen molar-refractivity contribution in [2.75, 3.05) is 0 Å². The van der Waals surface area contributed by atoms with Crippen molar-refractivity contribution < 1.29 is 9.53 Å². The van der Waals surface area contributed by atoms with Gasteiger partial charge in [-0.3, -0.25) is 4.63 Å². The van der Waals surface area contributed by atoms with Gasteiger partial charge in [-0.15, -0.1) is 0 Å². The number of fused-ring (bicyclic) bond motifs is 1. The SMILES string of the molecule is CCCCCc1no[n+]([O-])c1-c1ccc2ccccc2c1. The van der Waals surface area contributed by atoms with Crippen LogP contribution < -0.4 is 4.90 Å². The number of aryl methyl sites for hydroxylation is 1. The molecule has 108 valence electrons. The van der Waals surface area contributed by atoms with Gasteiger partial charge >= 0.3 is 0 Å². The summed E-state index contributed by atoms with van der Waals surface area (Å²) in [5, 5.41) is 18.1. The molecule has 0 spiro atoms. The number of hydrogen-bond donors (Lipinski definition) is 0. The van der Waals surface area contributed by atoms with Crippen molar-refractivity contribution in [2.45, 2.75) is 32.6 Å². The molecule has 3 aromatic rings. The monoisotopic (exact) mass is 282 g/mol. The Bertz CT molecular complexity index is 749. The fourth-order valence-electron chi connectivity index (χ4n) is 2.59. The number of unbranched alkanes of at least 4 members (excludes halogenated alkanes) is 2. The molecule has 0 saturated heterocycles. The lowest BCUT2D eigenvalue weighted by Crippen LogP contribution is -2.25. The summed E-state index contributed by atoms with van der Waals surface area (Å²) in [6.07, 6.45) is 4.06. The van der Waals surface area contributed by atoms with Crippen LogP contribution >= 0.6 is 0 Å². The van der Waals surface area contributed by atoms with Crippen LogP contribution in [-0.2, 0) is 6.42 Å². The second-order valence-corrected chi connectivity index (χ2v) is 5.24. The summed E-state index contributed by atoms with van der Waals surface area (Å²) in [4.78, 5) is 0.519. The zero-order valence-corrected chi connectivity index (χ0v) is 12.1. The standard InChI is InChI=1S/C17H18N2O2/c1-2-3-4-9-16-17(19(20)21-18-16)15-11-10-13-7-5-6-8-14(13)12-15/h5-8,10-12H,2-4,9H2,1H3. The highest BCUT2D eigenvalue weighted by atomic mass is 16.8. The molecule has 0 bridgehead atoms. The van der Waals surface area contributed by atoms with Gasteiger partial charge in [0.05, 0.1) is 0 Å². The molecule has 0 aliphatic rings. The van der Waals surface area contributed by atoms with Gasteiger partial charge in [-0.25, -0.2) is 0 Å². The van der Waals surface area contributed by atoms with E-state index in [2.05, 4.69) is 18.1 Å². The minimum atomic E-state index is 0.519. The van der Waals surface area contributed by atoms with Crippen LogP contribution in [-0.4, -0.2) is 5.16 Å². The van der Waals surface area contributed by atoms with Crippen LogP contribution in [0.2, 0.25) is 0 Å². The zero-order valence-electron chi connectivity index (χ0n) is 12.1. The smallest absolute Gasteiger partial charge is 0.228 e. The van der Waals surface area contributed by atoms with Crippen molar-refractivity contribution in [1.82, 2.24) is 5.16 Å². The van der Waals surface area contributed by atoms with Gasteiger partial charge in [-0.1, -0.05) is 50.1 Å². The first kappa shape index (κ1) is 13.6. The molecule has 0 radical (unpaired) electrons. The Labute approximate surface area is 123 Å². The molecular weight excluding hydrogens is 264 g/mol. The zero-order chi connectivity index (χ0) is 14.7. The van der Waals surface area contributed by atoms with Crippen LogP contribution in [0.3, 0.4) is 0 Å². The van der Waals surface area contributed by atoms with Gasteiger partial charge in [0, 0.05) is 17.1 Å². The highest BCUT2D eigenvalue weighted by Crippen LogP contribution is 2.25. The van der Waals surface area contributed by atoms with Gasteiger partial charge in [-0.2, -0.15) is 0 Å². The first-order valence-corrected chi connectivity index (χ1v) is 7.37. The average Bonchev–Trinajstić information content (AvgIpc) is 2.88. The van der Waals surface area contributed by atoms with Gasteiger partial charge < -0.3 is 5.21 Å². The lowest BCUT2D eigenvalue weighted by atomic mass is 10.0. The van der Waals surface area contributed by atoms with E-state index in [-0.39, 0.29) is 0 Å². The molecule has 1 aromatic heterocycles. The minimum Gasteiger partial charge on any atom is -0.359 e. The van der Waals surface area contributed by atoms with Gasteiger partial charge in [-0.05, 0) is 34.2 Å². The molecular formula is C17H18N2O2. The fraction of sp³-hybridized carbons (Fsp3) is 0.294. The van der Waals surface area contributed by atoms with Crippen molar-refractivity contribution in [3.8, 4) is 11.3 Å². The van der Waals surface area contributed by atoms with E-state index in [1.165, 1.54) is 0 Å².